The van der Waals surface area contributed by atoms with Gasteiger partial charge in [0.1, 0.15) is 6.33 Å². The highest BCUT2D eigenvalue weighted by Gasteiger charge is 2.01. The van der Waals surface area contributed by atoms with Crippen LogP contribution in [0, 0.1) is 0 Å². The molecule has 0 aliphatic rings. The summed E-state index contributed by atoms with van der Waals surface area (Å²) < 4.78 is 1.72. The topological polar surface area (TPSA) is 60.0 Å². The van der Waals surface area contributed by atoms with Crippen molar-refractivity contribution in [3.05, 3.63) is 36.4 Å². The van der Waals surface area contributed by atoms with Crippen molar-refractivity contribution >= 4 is 5.69 Å². The third-order valence-electron chi connectivity index (χ3n) is 2.35. The maximum absolute atomic E-state index is 5.46. The van der Waals surface area contributed by atoms with Crippen LogP contribution >= 0.6 is 0 Å². The predicted molar refractivity (Wildman–Crippen MR) is 63.6 cm³/mol. The van der Waals surface area contributed by atoms with Crippen LogP contribution in [-0.2, 0) is 6.54 Å². The summed E-state index contributed by atoms with van der Waals surface area (Å²) in [7, 11) is 4.02. The van der Waals surface area contributed by atoms with Crippen LogP contribution in [0.5, 0.6) is 0 Å². The minimum Gasteiger partial charge on any atom is -0.378 e. The van der Waals surface area contributed by atoms with E-state index in [1.807, 2.05) is 38.4 Å². The first-order chi connectivity index (χ1) is 7.70. The van der Waals surface area contributed by atoms with Gasteiger partial charge in [0.25, 0.3) is 0 Å². The number of nitrogens with two attached hydrogens (primary N) is 1. The molecule has 2 N–H and O–H groups in total. The van der Waals surface area contributed by atoms with Crippen molar-refractivity contribution < 1.29 is 0 Å². The SMILES string of the molecule is CN(C)c1ccc(-n2cnc(CN)n2)cc1. The molecule has 84 valence electrons. The summed E-state index contributed by atoms with van der Waals surface area (Å²) in [5, 5.41) is 4.24. The first kappa shape index (κ1) is 10.6. The van der Waals surface area contributed by atoms with Gasteiger partial charge in [-0.2, -0.15) is 0 Å². The van der Waals surface area contributed by atoms with E-state index in [0.717, 1.165) is 11.4 Å². The van der Waals surface area contributed by atoms with Crippen LogP contribution in [0.25, 0.3) is 5.69 Å². The van der Waals surface area contributed by atoms with Gasteiger partial charge in [0.05, 0.1) is 12.2 Å². The maximum Gasteiger partial charge on any atom is 0.164 e. The summed E-state index contributed by atoms with van der Waals surface area (Å²) >= 11 is 0. The number of anilines is 1. The molecular formula is C11H15N5. The second-order valence-electron chi connectivity index (χ2n) is 3.72. The van der Waals surface area contributed by atoms with Crippen molar-refractivity contribution in [1.82, 2.24) is 14.8 Å². The smallest absolute Gasteiger partial charge is 0.164 e. The zero-order chi connectivity index (χ0) is 11.5. The van der Waals surface area contributed by atoms with Gasteiger partial charge in [-0.1, -0.05) is 0 Å². The van der Waals surface area contributed by atoms with E-state index in [9.17, 15) is 0 Å². The van der Waals surface area contributed by atoms with Crippen LogP contribution in [0.2, 0.25) is 0 Å². The van der Waals surface area contributed by atoms with Crippen molar-refractivity contribution in [3.8, 4) is 5.69 Å². The molecule has 1 heterocycles. The van der Waals surface area contributed by atoms with Gasteiger partial charge in [-0.15, -0.1) is 5.10 Å². The van der Waals surface area contributed by atoms with Crippen molar-refractivity contribution in [3.63, 3.8) is 0 Å². The fraction of sp³-hybridized carbons (Fsp3) is 0.273. The predicted octanol–water partition coefficient (Wildman–Crippen LogP) is 0.792. The molecule has 5 nitrogen and oxygen atoms in total. The van der Waals surface area contributed by atoms with E-state index in [4.69, 9.17) is 5.73 Å². The Morgan fingerprint density at radius 1 is 1.25 bits per heavy atom. The number of rotatable bonds is 3. The van der Waals surface area contributed by atoms with E-state index in [1.165, 1.54) is 0 Å². The molecule has 2 rings (SSSR count). The van der Waals surface area contributed by atoms with E-state index in [2.05, 4.69) is 15.0 Å². The minimum atomic E-state index is 0.364. The number of aromatic nitrogens is 3. The summed E-state index contributed by atoms with van der Waals surface area (Å²) in [5.41, 5.74) is 7.60. The lowest BCUT2D eigenvalue weighted by Gasteiger charge is -2.12. The summed E-state index contributed by atoms with van der Waals surface area (Å²) in [6.07, 6.45) is 1.67. The number of benzene rings is 1. The highest BCUT2D eigenvalue weighted by atomic mass is 15.3. The Bertz CT molecular complexity index is 457. The zero-order valence-electron chi connectivity index (χ0n) is 9.46. The third kappa shape index (κ3) is 2.04. The van der Waals surface area contributed by atoms with Gasteiger partial charge in [-0.05, 0) is 24.3 Å². The van der Waals surface area contributed by atoms with Gasteiger partial charge in [-0.3, -0.25) is 0 Å². The average Bonchev–Trinajstić information content (AvgIpc) is 2.77. The molecule has 1 aromatic heterocycles. The molecule has 0 fully saturated rings. The molecule has 0 aliphatic carbocycles. The summed E-state index contributed by atoms with van der Waals surface area (Å²) in [4.78, 5) is 6.14. The van der Waals surface area contributed by atoms with E-state index in [1.54, 1.807) is 11.0 Å². The largest absolute Gasteiger partial charge is 0.378 e. The molecule has 0 aliphatic heterocycles. The van der Waals surface area contributed by atoms with Crippen LogP contribution in [0.3, 0.4) is 0 Å². The Balaban J connectivity index is 2.27. The molecule has 0 bridgehead atoms. The Morgan fingerprint density at radius 2 is 1.94 bits per heavy atom. The second kappa shape index (κ2) is 4.32. The first-order valence-electron chi connectivity index (χ1n) is 5.09. The van der Waals surface area contributed by atoms with Crippen molar-refractivity contribution in [2.45, 2.75) is 6.54 Å². The second-order valence-corrected chi connectivity index (χ2v) is 3.72. The van der Waals surface area contributed by atoms with E-state index in [-0.39, 0.29) is 0 Å². The van der Waals surface area contributed by atoms with Gasteiger partial charge in [0.15, 0.2) is 5.82 Å². The highest BCUT2D eigenvalue weighted by molar-refractivity contribution is 5.49. The maximum atomic E-state index is 5.46. The normalized spacial score (nSPS) is 10.4. The Labute approximate surface area is 94.5 Å². The van der Waals surface area contributed by atoms with Crippen LogP contribution < -0.4 is 10.6 Å². The number of nitrogens with zero attached hydrogens (tertiary/aromatic N) is 4. The van der Waals surface area contributed by atoms with Crippen molar-refractivity contribution in [2.24, 2.45) is 5.73 Å². The van der Waals surface area contributed by atoms with Crippen LogP contribution in [0.4, 0.5) is 5.69 Å². The zero-order valence-corrected chi connectivity index (χ0v) is 9.46. The number of hydrogen-bond acceptors (Lipinski definition) is 4. The molecule has 0 saturated heterocycles. The van der Waals surface area contributed by atoms with Crippen LogP contribution in [0.1, 0.15) is 5.82 Å². The minimum absolute atomic E-state index is 0.364. The summed E-state index contributed by atoms with van der Waals surface area (Å²) in [6.45, 7) is 0.364. The fourth-order valence-electron chi connectivity index (χ4n) is 1.42. The molecular weight excluding hydrogens is 202 g/mol. The molecule has 0 saturated carbocycles. The molecule has 0 spiro atoms. The fourth-order valence-corrected chi connectivity index (χ4v) is 1.42. The standard InChI is InChI=1S/C11H15N5/c1-15(2)9-3-5-10(6-4-9)16-8-13-11(7-12)14-16/h3-6,8H,7,12H2,1-2H3. The summed E-state index contributed by atoms with van der Waals surface area (Å²) in [6, 6.07) is 8.09. The van der Waals surface area contributed by atoms with Crippen LogP contribution in [0.15, 0.2) is 30.6 Å². The lowest BCUT2D eigenvalue weighted by atomic mass is 10.3. The molecule has 0 radical (unpaired) electrons. The Kier molecular flexibility index (Phi) is 2.87. The Morgan fingerprint density at radius 3 is 2.44 bits per heavy atom. The van der Waals surface area contributed by atoms with E-state index >= 15 is 0 Å². The third-order valence-corrected chi connectivity index (χ3v) is 2.35. The molecule has 16 heavy (non-hydrogen) atoms. The molecule has 0 amide bonds. The van der Waals surface area contributed by atoms with Crippen molar-refractivity contribution in [1.29, 1.82) is 0 Å². The highest BCUT2D eigenvalue weighted by Crippen LogP contribution is 2.14. The van der Waals surface area contributed by atoms with E-state index < -0.39 is 0 Å². The van der Waals surface area contributed by atoms with Gasteiger partial charge in [-0.25, -0.2) is 9.67 Å². The quantitative estimate of drug-likeness (QED) is 0.825. The molecule has 5 heteroatoms. The van der Waals surface area contributed by atoms with Gasteiger partial charge in [0.2, 0.25) is 0 Å². The Hall–Kier alpha value is -1.88. The molecule has 0 atom stereocenters. The van der Waals surface area contributed by atoms with Gasteiger partial charge in [0, 0.05) is 19.8 Å². The molecule has 1 aromatic carbocycles. The first-order valence-corrected chi connectivity index (χ1v) is 5.09. The average molecular weight is 217 g/mol. The van der Waals surface area contributed by atoms with Gasteiger partial charge < -0.3 is 10.6 Å². The number of hydrogen-bond donors (Lipinski definition) is 1. The van der Waals surface area contributed by atoms with Crippen molar-refractivity contribution in [2.75, 3.05) is 19.0 Å². The monoisotopic (exact) mass is 217 g/mol. The molecule has 2 aromatic rings. The van der Waals surface area contributed by atoms with E-state index in [0.29, 0.717) is 12.4 Å². The lowest BCUT2D eigenvalue weighted by Crippen LogP contribution is -2.08. The summed E-state index contributed by atoms with van der Waals surface area (Å²) in [5.74, 6) is 0.650. The van der Waals surface area contributed by atoms with Gasteiger partial charge >= 0.3 is 0 Å². The molecule has 0 unspecified atom stereocenters. The lowest BCUT2D eigenvalue weighted by molar-refractivity contribution is 0.830. The van der Waals surface area contributed by atoms with Crippen LogP contribution in [-0.4, -0.2) is 28.9 Å².